The monoisotopic (exact) mass is 231 g/mol. The smallest absolute Gasteiger partial charge is 0.227 e. The van der Waals surface area contributed by atoms with Crippen LogP contribution >= 0.6 is 0 Å². The quantitative estimate of drug-likeness (QED) is 0.607. The van der Waals surface area contributed by atoms with Gasteiger partial charge in [-0.3, -0.25) is 4.79 Å². The Hall–Kier alpha value is -1.77. The fourth-order valence-electron chi connectivity index (χ4n) is 2.01. The highest BCUT2D eigenvalue weighted by Gasteiger charge is 2.19. The third-order valence-corrected chi connectivity index (χ3v) is 3.05. The average molecular weight is 231 g/mol. The summed E-state index contributed by atoms with van der Waals surface area (Å²) in [6, 6.07) is 5.26. The normalized spacial score (nSPS) is 19.0. The van der Waals surface area contributed by atoms with Crippen molar-refractivity contribution in [3.63, 3.8) is 0 Å². The molecule has 0 saturated carbocycles. The van der Waals surface area contributed by atoms with Crippen molar-refractivity contribution in [3.8, 4) is 5.75 Å². The number of hydrogen-bond acceptors (Lipinski definition) is 2. The maximum Gasteiger partial charge on any atom is 0.227 e. The third kappa shape index (κ3) is 2.87. The molecule has 3 nitrogen and oxygen atoms in total. The predicted octanol–water partition coefficient (Wildman–Crippen LogP) is 3.00. The molecule has 0 saturated heterocycles. The molecule has 1 aliphatic rings. The van der Waals surface area contributed by atoms with Crippen LogP contribution in [0.25, 0.3) is 0 Å². The number of rotatable bonds is 2. The summed E-state index contributed by atoms with van der Waals surface area (Å²) in [6.45, 7) is 1.90. The van der Waals surface area contributed by atoms with Gasteiger partial charge in [-0.1, -0.05) is 18.2 Å². The van der Waals surface area contributed by atoms with Gasteiger partial charge in [0.2, 0.25) is 5.91 Å². The summed E-state index contributed by atoms with van der Waals surface area (Å²) < 4.78 is 0. The van der Waals surface area contributed by atoms with E-state index in [2.05, 4.69) is 11.4 Å². The van der Waals surface area contributed by atoms with Crippen LogP contribution < -0.4 is 5.32 Å². The van der Waals surface area contributed by atoms with E-state index < -0.39 is 0 Å². The second-order valence-corrected chi connectivity index (χ2v) is 4.49. The maximum absolute atomic E-state index is 11.9. The van der Waals surface area contributed by atoms with Gasteiger partial charge in [0.25, 0.3) is 0 Å². The number of benzene rings is 1. The average Bonchev–Trinajstić information content (AvgIpc) is 2.34. The summed E-state index contributed by atoms with van der Waals surface area (Å²) >= 11 is 0. The molecule has 3 heteroatoms. The van der Waals surface area contributed by atoms with Gasteiger partial charge in [-0.05, 0) is 43.9 Å². The first-order valence-corrected chi connectivity index (χ1v) is 5.92. The van der Waals surface area contributed by atoms with E-state index in [-0.39, 0.29) is 17.6 Å². The minimum absolute atomic E-state index is 0.00602. The molecule has 0 aromatic heterocycles. The van der Waals surface area contributed by atoms with E-state index in [1.165, 1.54) is 0 Å². The zero-order chi connectivity index (χ0) is 12.3. The van der Waals surface area contributed by atoms with Gasteiger partial charge in [0.1, 0.15) is 5.75 Å². The van der Waals surface area contributed by atoms with Gasteiger partial charge < -0.3 is 10.4 Å². The van der Waals surface area contributed by atoms with Crippen LogP contribution in [0, 0.1) is 12.8 Å². The van der Waals surface area contributed by atoms with E-state index in [1.807, 2.05) is 19.1 Å². The summed E-state index contributed by atoms with van der Waals surface area (Å²) in [4.78, 5) is 11.9. The zero-order valence-corrected chi connectivity index (χ0v) is 9.94. The highest BCUT2D eigenvalue weighted by Crippen LogP contribution is 2.26. The molecule has 1 aromatic rings. The molecule has 1 amide bonds. The first kappa shape index (κ1) is 11.7. The van der Waals surface area contributed by atoms with Crippen molar-refractivity contribution >= 4 is 11.6 Å². The fourth-order valence-corrected chi connectivity index (χ4v) is 2.01. The Balaban J connectivity index is 2.05. The number of carbonyl (C=O) groups excluding carboxylic acids is 1. The first-order valence-electron chi connectivity index (χ1n) is 5.92. The van der Waals surface area contributed by atoms with Crippen molar-refractivity contribution < 1.29 is 9.90 Å². The van der Waals surface area contributed by atoms with Crippen LogP contribution in [0.3, 0.4) is 0 Å². The fraction of sp³-hybridized carbons (Fsp3) is 0.357. The molecule has 2 rings (SSSR count). The third-order valence-electron chi connectivity index (χ3n) is 3.05. The number of amides is 1. The van der Waals surface area contributed by atoms with Crippen LogP contribution in [0.1, 0.15) is 24.8 Å². The molecule has 2 N–H and O–H groups in total. The minimum Gasteiger partial charge on any atom is -0.506 e. The standard InChI is InChI=1S/C14H17NO2/c1-10-7-8-12(13(16)9-10)15-14(17)11-5-3-2-4-6-11/h2-3,7-9,11,16H,4-6H2,1H3,(H,15,17). The summed E-state index contributed by atoms with van der Waals surface area (Å²) in [7, 11) is 0. The van der Waals surface area contributed by atoms with Gasteiger partial charge in [-0.15, -0.1) is 0 Å². The van der Waals surface area contributed by atoms with Gasteiger partial charge in [0.15, 0.2) is 0 Å². The summed E-state index contributed by atoms with van der Waals surface area (Å²) in [5.41, 5.74) is 1.47. The minimum atomic E-state index is -0.00602. The van der Waals surface area contributed by atoms with E-state index in [0.29, 0.717) is 5.69 Å². The van der Waals surface area contributed by atoms with Crippen molar-refractivity contribution in [1.29, 1.82) is 0 Å². The van der Waals surface area contributed by atoms with E-state index >= 15 is 0 Å². The van der Waals surface area contributed by atoms with E-state index in [1.54, 1.807) is 12.1 Å². The Morgan fingerprint density at radius 3 is 2.88 bits per heavy atom. The molecule has 0 heterocycles. The molecule has 0 fully saturated rings. The zero-order valence-electron chi connectivity index (χ0n) is 9.94. The topological polar surface area (TPSA) is 49.3 Å². The molecule has 90 valence electrons. The second-order valence-electron chi connectivity index (χ2n) is 4.49. The molecule has 1 aromatic carbocycles. The highest BCUT2D eigenvalue weighted by atomic mass is 16.3. The van der Waals surface area contributed by atoms with Crippen molar-refractivity contribution in [3.05, 3.63) is 35.9 Å². The molecular weight excluding hydrogens is 214 g/mol. The summed E-state index contributed by atoms with van der Waals surface area (Å²) in [5.74, 6) is 0.152. The van der Waals surface area contributed by atoms with Gasteiger partial charge in [0, 0.05) is 5.92 Å². The SMILES string of the molecule is Cc1ccc(NC(=O)C2CC=CCC2)c(O)c1. The largest absolute Gasteiger partial charge is 0.506 e. The molecule has 0 aliphatic heterocycles. The lowest BCUT2D eigenvalue weighted by atomic mass is 9.93. The Kier molecular flexibility index (Phi) is 3.47. The van der Waals surface area contributed by atoms with Crippen LogP contribution in [-0.2, 0) is 4.79 Å². The number of carbonyl (C=O) groups is 1. The van der Waals surface area contributed by atoms with E-state index in [9.17, 15) is 9.90 Å². The number of aryl methyl sites for hydroxylation is 1. The molecule has 1 atom stereocenters. The molecule has 0 bridgehead atoms. The van der Waals surface area contributed by atoms with Crippen LogP contribution in [0.15, 0.2) is 30.4 Å². The Morgan fingerprint density at radius 1 is 1.41 bits per heavy atom. The van der Waals surface area contributed by atoms with Gasteiger partial charge in [0.05, 0.1) is 5.69 Å². The molecule has 0 radical (unpaired) electrons. The molecule has 17 heavy (non-hydrogen) atoms. The van der Waals surface area contributed by atoms with Gasteiger partial charge in [-0.2, -0.15) is 0 Å². The van der Waals surface area contributed by atoms with Crippen molar-refractivity contribution in [2.24, 2.45) is 5.92 Å². The Morgan fingerprint density at radius 2 is 2.24 bits per heavy atom. The van der Waals surface area contributed by atoms with Crippen molar-refractivity contribution in [2.75, 3.05) is 5.32 Å². The predicted molar refractivity (Wildman–Crippen MR) is 68.0 cm³/mol. The molecule has 1 unspecified atom stereocenters. The van der Waals surface area contributed by atoms with Crippen LogP contribution in [0.5, 0.6) is 5.75 Å². The van der Waals surface area contributed by atoms with Gasteiger partial charge in [-0.25, -0.2) is 0 Å². The Labute approximate surface area is 101 Å². The van der Waals surface area contributed by atoms with Gasteiger partial charge >= 0.3 is 0 Å². The van der Waals surface area contributed by atoms with E-state index in [4.69, 9.17) is 0 Å². The number of allylic oxidation sites excluding steroid dienone is 2. The van der Waals surface area contributed by atoms with Crippen LogP contribution in [0.4, 0.5) is 5.69 Å². The number of hydrogen-bond donors (Lipinski definition) is 2. The summed E-state index contributed by atoms with van der Waals surface area (Å²) in [6.07, 6.45) is 6.78. The number of anilines is 1. The second kappa shape index (κ2) is 5.04. The summed E-state index contributed by atoms with van der Waals surface area (Å²) in [5, 5.41) is 12.5. The Bertz CT molecular complexity index is 452. The number of phenols is 1. The molecular formula is C14H17NO2. The molecule has 0 spiro atoms. The molecule has 1 aliphatic carbocycles. The lowest BCUT2D eigenvalue weighted by molar-refractivity contribution is -0.120. The van der Waals surface area contributed by atoms with Crippen LogP contribution in [-0.4, -0.2) is 11.0 Å². The number of phenolic OH excluding ortho intramolecular Hbond substituents is 1. The van der Waals surface area contributed by atoms with Crippen molar-refractivity contribution in [1.82, 2.24) is 0 Å². The number of aromatic hydroxyl groups is 1. The lowest BCUT2D eigenvalue weighted by Gasteiger charge is -2.17. The maximum atomic E-state index is 11.9. The highest BCUT2D eigenvalue weighted by molar-refractivity contribution is 5.94. The van der Waals surface area contributed by atoms with Crippen molar-refractivity contribution in [2.45, 2.75) is 26.2 Å². The first-order chi connectivity index (χ1) is 8.16. The lowest BCUT2D eigenvalue weighted by Crippen LogP contribution is -2.23. The van der Waals surface area contributed by atoms with Crippen LogP contribution in [0.2, 0.25) is 0 Å². The van der Waals surface area contributed by atoms with E-state index in [0.717, 1.165) is 24.8 Å². The number of nitrogens with one attached hydrogen (secondary N) is 1.